The fraction of sp³-hybridized carbons (Fsp3) is 0.333. The number of hydrogen-bond donors (Lipinski definition) is 1. The third-order valence-corrected chi connectivity index (χ3v) is 4.53. The summed E-state index contributed by atoms with van der Waals surface area (Å²) >= 11 is 6.21. The number of nitrogens with zero attached hydrogens (tertiary/aromatic N) is 3. The van der Waals surface area contributed by atoms with Gasteiger partial charge >= 0.3 is 6.03 Å². The fourth-order valence-electron chi connectivity index (χ4n) is 2.76. The Balaban J connectivity index is 1.44. The lowest BCUT2D eigenvalue weighted by atomic mass is 10.2. The van der Waals surface area contributed by atoms with Crippen molar-refractivity contribution in [3.8, 4) is 0 Å². The molecule has 3 rings (SSSR count). The summed E-state index contributed by atoms with van der Waals surface area (Å²) in [6, 6.07) is 13.6. The molecule has 0 saturated carbocycles. The second-order valence-corrected chi connectivity index (χ2v) is 6.24. The Hall–Kier alpha value is -2.11. The van der Waals surface area contributed by atoms with Crippen molar-refractivity contribution in [1.29, 1.82) is 0 Å². The van der Waals surface area contributed by atoms with E-state index < -0.39 is 0 Å². The first-order chi connectivity index (χ1) is 11.7. The minimum atomic E-state index is -0.0296. The summed E-state index contributed by atoms with van der Waals surface area (Å²) in [5.74, 6) is 0. The van der Waals surface area contributed by atoms with Crippen LogP contribution in [0.3, 0.4) is 0 Å². The highest BCUT2D eigenvalue weighted by Gasteiger charge is 2.21. The standard InChI is InChI=1S/C18H21ClN4O/c19-17-7-2-1-5-15(17)14-22-9-11-23(12-10-22)18(24)21-13-16-6-3-4-8-20-16/h1-8H,9-14H2,(H,21,24). The Morgan fingerprint density at radius 1 is 1.08 bits per heavy atom. The molecule has 24 heavy (non-hydrogen) atoms. The van der Waals surface area contributed by atoms with Crippen molar-refractivity contribution in [2.75, 3.05) is 26.2 Å². The summed E-state index contributed by atoms with van der Waals surface area (Å²) in [7, 11) is 0. The summed E-state index contributed by atoms with van der Waals surface area (Å²) < 4.78 is 0. The molecule has 6 heteroatoms. The van der Waals surface area contributed by atoms with Gasteiger partial charge in [0.25, 0.3) is 0 Å². The lowest BCUT2D eigenvalue weighted by molar-refractivity contribution is 0.135. The van der Waals surface area contributed by atoms with Crippen molar-refractivity contribution in [3.63, 3.8) is 0 Å². The first-order valence-electron chi connectivity index (χ1n) is 8.11. The van der Waals surface area contributed by atoms with E-state index in [1.807, 2.05) is 47.4 Å². The highest BCUT2D eigenvalue weighted by Crippen LogP contribution is 2.17. The number of hydrogen-bond acceptors (Lipinski definition) is 3. The molecule has 1 aromatic carbocycles. The summed E-state index contributed by atoms with van der Waals surface area (Å²) in [5.41, 5.74) is 2.00. The second kappa shape index (κ2) is 8.13. The molecule has 1 aliphatic rings. The van der Waals surface area contributed by atoms with E-state index in [0.717, 1.165) is 49.0 Å². The molecular weight excluding hydrogens is 324 g/mol. The van der Waals surface area contributed by atoms with Gasteiger partial charge in [0.05, 0.1) is 12.2 Å². The van der Waals surface area contributed by atoms with Crippen LogP contribution in [-0.4, -0.2) is 47.0 Å². The number of carbonyl (C=O) groups excluding carboxylic acids is 1. The van der Waals surface area contributed by atoms with Crippen LogP contribution in [0.25, 0.3) is 0 Å². The van der Waals surface area contributed by atoms with E-state index in [0.29, 0.717) is 6.54 Å². The smallest absolute Gasteiger partial charge is 0.317 e. The van der Waals surface area contributed by atoms with E-state index in [9.17, 15) is 4.79 Å². The second-order valence-electron chi connectivity index (χ2n) is 5.83. The molecule has 1 saturated heterocycles. The van der Waals surface area contributed by atoms with Gasteiger partial charge in [-0.2, -0.15) is 0 Å². The molecule has 5 nitrogen and oxygen atoms in total. The van der Waals surface area contributed by atoms with Crippen LogP contribution in [0.1, 0.15) is 11.3 Å². The fourth-order valence-corrected chi connectivity index (χ4v) is 2.95. The quantitative estimate of drug-likeness (QED) is 0.927. The van der Waals surface area contributed by atoms with Crippen LogP contribution in [0, 0.1) is 0 Å². The molecule has 0 atom stereocenters. The van der Waals surface area contributed by atoms with Gasteiger partial charge in [-0.25, -0.2) is 4.79 Å². The SMILES string of the molecule is O=C(NCc1ccccn1)N1CCN(Cc2ccccc2Cl)CC1. The highest BCUT2D eigenvalue weighted by molar-refractivity contribution is 6.31. The zero-order valence-electron chi connectivity index (χ0n) is 13.5. The number of urea groups is 1. The van der Waals surface area contributed by atoms with Gasteiger partial charge in [0.15, 0.2) is 0 Å². The minimum absolute atomic E-state index is 0.0296. The van der Waals surface area contributed by atoms with Crippen LogP contribution in [-0.2, 0) is 13.1 Å². The Morgan fingerprint density at radius 2 is 1.83 bits per heavy atom. The third kappa shape index (κ3) is 4.46. The van der Waals surface area contributed by atoms with Gasteiger partial charge in [0.1, 0.15) is 0 Å². The van der Waals surface area contributed by atoms with E-state index in [-0.39, 0.29) is 6.03 Å². The molecular formula is C18H21ClN4O. The normalized spacial score (nSPS) is 15.3. The lowest BCUT2D eigenvalue weighted by Gasteiger charge is -2.34. The summed E-state index contributed by atoms with van der Waals surface area (Å²) in [6.45, 7) is 4.42. The van der Waals surface area contributed by atoms with Gasteiger partial charge < -0.3 is 10.2 Å². The van der Waals surface area contributed by atoms with Crippen molar-refractivity contribution in [2.45, 2.75) is 13.1 Å². The molecule has 1 aromatic heterocycles. The molecule has 0 bridgehead atoms. The maximum absolute atomic E-state index is 12.2. The van der Waals surface area contributed by atoms with Crippen LogP contribution >= 0.6 is 11.6 Å². The first kappa shape index (κ1) is 16.7. The minimum Gasteiger partial charge on any atom is -0.332 e. The van der Waals surface area contributed by atoms with Gasteiger partial charge in [0, 0.05) is 43.9 Å². The molecule has 1 fully saturated rings. The predicted octanol–water partition coefficient (Wildman–Crippen LogP) is 2.76. The largest absolute Gasteiger partial charge is 0.332 e. The molecule has 2 amide bonds. The molecule has 2 heterocycles. The number of carbonyl (C=O) groups is 1. The molecule has 1 aliphatic heterocycles. The number of halogens is 1. The molecule has 1 N–H and O–H groups in total. The Morgan fingerprint density at radius 3 is 2.54 bits per heavy atom. The van der Waals surface area contributed by atoms with Gasteiger partial charge in [0.2, 0.25) is 0 Å². The zero-order chi connectivity index (χ0) is 16.8. The number of benzene rings is 1. The Bertz CT molecular complexity index is 672. The van der Waals surface area contributed by atoms with Gasteiger partial charge in [-0.3, -0.25) is 9.88 Å². The van der Waals surface area contributed by atoms with Crippen molar-refractivity contribution in [3.05, 3.63) is 64.9 Å². The zero-order valence-corrected chi connectivity index (χ0v) is 14.2. The van der Waals surface area contributed by atoms with E-state index >= 15 is 0 Å². The van der Waals surface area contributed by atoms with Crippen LogP contribution in [0.2, 0.25) is 5.02 Å². The molecule has 126 valence electrons. The van der Waals surface area contributed by atoms with Gasteiger partial charge in [-0.05, 0) is 23.8 Å². The van der Waals surface area contributed by atoms with Gasteiger partial charge in [-0.15, -0.1) is 0 Å². The van der Waals surface area contributed by atoms with E-state index in [1.165, 1.54) is 0 Å². The number of pyridine rings is 1. The molecule has 2 aromatic rings. The van der Waals surface area contributed by atoms with Crippen molar-refractivity contribution >= 4 is 17.6 Å². The van der Waals surface area contributed by atoms with E-state index in [1.54, 1.807) is 6.20 Å². The summed E-state index contributed by atoms with van der Waals surface area (Å²) in [5, 5.41) is 3.73. The average Bonchev–Trinajstić information content (AvgIpc) is 2.63. The molecule has 0 spiro atoms. The number of piperazine rings is 1. The summed E-state index contributed by atoms with van der Waals surface area (Å²) in [6.07, 6.45) is 1.73. The number of aromatic nitrogens is 1. The van der Waals surface area contributed by atoms with E-state index in [2.05, 4.69) is 15.2 Å². The van der Waals surface area contributed by atoms with Crippen molar-refractivity contribution in [1.82, 2.24) is 20.1 Å². The molecule has 0 radical (unpaired) electrons. The van der Waals surface area contributed by atoms with Crippen LogP contribution < -0.4 is 5.32 Å². The average molecular weight is 345 g/mol. The van der Waals surface area contributed by atoms with E-state index in [4.69, 9.17) is 11.6 Å². The highest BCUT2D eigenvalue weighted by atomic mass is 35.5. The van der Waals surface area contributed by atoms with Gasteiger partial charge in [-0.1, -0.05) is 35.9 Å². The van der Waals surface area contributed by atoms with Crippen molar-refractivity contribution < 1.29 is 4.79 Å². The molecule has 0 aliphatic carbocycles. The first-order valence-corrected chi connectivity index (χ1v) is 8.48. The van der Waals surface area contributed by atoms with Crippen LogP contribution in [0.5, 0.6) is 0 Å². The Kier molecular flexibility index (Phi) is 5.67. The molecule has 0 unspecified atom stereocenters. The van der Waals surface area contributed by atoms with Crippen LogP contribution in [0.15, 0.2) is 48.7 Å². The monoisotopic (exact) mass is 344 g/mol. The van der Waals surface area contributed by atoms with Crippen molar-refractivity contribution in [2.24, 2.45) is 0 Å². The maximum atomic E-state index is 12.2. The Labute approximate surface area is 147 Å². The predicted molar refractivity (Wildman–Crippen MR) is 94.8 cm³/mol. The number of rotatable bonds is 4. The number of nitrogens with one attached hydrogen (secondary N) is 1. The number of amides is 2. The maximum Gasteiger partial charge on any atom is 0.317 e. The summed E-state index contributed by atoms with van der Waals surface area (Å²) in [4.78, 5) is 20.6. The topological polar surface area (TPSA) is 48.5 Å². The lowest BCUT2D eigenvalue weighted by Crippen LogP contribution is -2.51. The third-order valence-electron chi connectivity index (χ3n) is 4.16. The van der Waals surface area contributed by atoms with Crippen LogP contribution in [0.4, 0.5) is 4.79 Å².